The largest absolute Gasteiger partial charge is 0.337 e. The third-order valence-electron chi connectivity index (χ3n) is 1.96. The van der Waals surface area contributed by atoms with Gasteiger partial charge in [-0.25, -0.2) is 0 Å². The topological polar surface area (TPSA) is 69.1 Å². The molecule has 0 aromatic rings. The average molecular weight is 198 g/mol. The molecule has 0 aliphatic rings. The van der Waals surface area contributed by atoms with Gasteiger partial charge < -0.3 is 4.90 Å². The summed E-state index contributed by atoms with van der Waals surface area (Å²) in [7, 11) is 0. The van der Waals surface area contributed by atoms with Crippen LogP contribution in [0.25, 0.3) is 10.4 Å². The molecule has 2 amide bonds. The van der Waals surface area contributed by atoms with Crippen LogP contribution in [-0.4, -0.2) is 24.0 Å². The van der Waals surface area contributed by atoms with Gasteiger partial charge in [0.1, 0.15) is 0 Å². The van der Waals surface area contributed by atoms with Gasteiger partial charge in [0.2, 0.25) is 0 Å². The minimum atomic E-state index is -0.450. The van der Waals surface area contributed by atoms with Crippen LogP contribution in [0.2, 0.25) is 0 Å². The molecule has 0 unspecified atom stereocenters. The van der Waals surface area contributed by atoms with Crippen LogP contribution in [0, 0.1) is 0 Å². The van der Waals surface area contributed by atoms with E-state index < -0.39 is 6.03 Å². The van der Waals surface area contributed by atoms with Gasteiger partial charge >= 0.3 is 6.03 Å². The van der Waals surface area contributed by atoms with Crippen molar-refractivity contribution >= 4 is 6.03 Å². The fourth-order valence-corrected chi connectivity index (χ4v) is 1.10. The van der Waals surface area contributed by atoms with E-state index in [2.05, 4.69) is 23.9 Å². The Morgan fingerprint density at radius 2 is 1.79 bits per heavy atom. The summed E-state index contributed by atoms with van der Waals surface area (Å²) in [5.74, 6) is 0. The molecule has 0 saturated heterocycles. The molecule has 0 aromatic carbocycles. The summed E-state index contributed by atoms with van der Waals surface area (Å²) in [4.78, 5) is 15.4. The number of hydrogen-bond acceptors (Lipinski definition) is 1. The maximum absolute atomic E-state index is 11.3. The van der Waals surface area contributed by atoms with E-state index in [4.69, 9.17) is 5.53 Å². The van der Waals surface area contributed by atoms with Gasteiger partial charge in [-0.2, -0.15) is 0 Å². The number of nitrogens with zero attached hydrogens (tertiary/aromatic N) is 4. The van der Waals surface area contributed by atoms with Crippen molar-refractivity contribution in [2.45, 2.75) is 39.5 Å². The maximum Gasteiger partial charge on any atom is 0.310 e. The van der Waals surface area contributed by atoms with E-state index in [1.165, 1.54) is 0 Å². The summed E-state index contributed by atoms with van der Waals surface area (Å²) in [5, 5.41) is 3.10. The second-order valence-corrected chi connectivity index (χ2v) is 3.17. The number of rotatable bonds is 6. The molecule has 5 heteroatoms. The molecule has 0 N–H and O–H groups in total. The Balaban J connectivity index is 4.07. The lowest BCUT2D eigenvalue weighted by Crippen LogP contribution is -2.30. The van der Waals surface area contributed by atoms with Gasteiger partial charge in [-0.3, -0.25) is 4.79 Å². The van der Waals surface area contributed by atoms with Crippen LogP contribution >= 0.6 is 0 Å². The van der Waals surface area contributed by atoms with E-state index in [1.54, 1.807) is 4.90 Å². The summed E-state index contributed by atoms with van der Waals surface area (Å²) in [6.07, 6.45) is 3.98. The number of carbonyl (C=O) groups excluding carboxylic acids is 1. The molecule has 0 aliphatic heterocycles. The normalized spacial score (nSPS) is 9.29. The van der Waals surface area contributed by atoms with Crippen molar-refractivity contribution in [2.24, 2.45) is 5.11 Å². The molecular formula is C9H18N4O. The first kappa shape index (κ1) is 12.8. The zero-order chi connectivity index (χ0) is 10.8. The maximum atomic E-state index is 11.3. The smallest absolute Gasteiger partial charge is 0.310 e. The van der Waals surface area contributed by atoms with Crippen molar-refractivity contribution < 1.29 is 4.79 Å². The predicted octanol–water partition coefficient (Wildman–Crippen LogP) is 3.32. The van der Waals surface area contributed by atoms with Gasteiger partial charge in [0.15, 0.2) is 0 Å². The number of unbranched alkanes of at least 4 members (excludes halogenated alkanes) is 2. The van der Waals surface area contributed by atoms with Gasteiger partial charge in [0.25, 0.3) is 0 Å². The van der Waals surface area contributed by atoms with Crippen molar-refractivity contribution in [3.05, 3.63) is 10.4 Å². The van der Waals surface area contributed by atoms with E-state index in [-0.39, 0.29) is 0 Å². The van der Waals surface area contributed by atoms with Crippen LogP contribution in [-0.2, 0) is 0 Å². The quantitative estimate of drug-likeness (QED) is 0.366. The van der Waals surface area contributed by atoms with Gasteiger partial charge in [-0.1, -0.05) is 26.7 Å². The Morgan fingerprint density at radius 1 is 1.29 bits per heavy atom. The second kappa shape index (κ2) is 8.38. The van der Waals surface area contributed by atoms with E-state index in [1.807, 2.05) is 0 Å². The highest BCUT2D eigenvalue weighted by molar-refractivity contribution is 5.74. The highest BCUT2D eigenvalue weighted by Gasteiger charge is 2.09. The van der Waals surface area contributed by atoms with Crippen molar-refractivity contribution in [3.63, 3.8) is 0 Å². The molecule has 0 fully saturated rings. The van der Waals surface area contributed by atoms with Gasteiger partial charge in [0, 0.05) is 23.1 Å². The number of urea groups is 1. The lowest BCUT2D eigenvalue weighted by Gasteiger charge is -2.19. The monoisotopic (exact) mass is 198 g/mol. The van der Waals surface area contributed by atoms with Crippen LogP contribution in [0.1, 0.15) is 39.5 Å². The Hall–Kier alpha value is -1.22. The van der Waals surface area contributed by atoms with Gasteiger partial charge in [0.05, 0.1) is 0 Å². The number of hydrogen-bond donors (Lipinski definition) is 0. The summed E-state index contributed by atoms with van der Waals surface area (Å²) in [5.41, 5.74) is 8.15. The molecule has 0 spiro atoms. The van der Waals surface area contributed by atoms with Crippen LogP contribution < -0.4 is 0 Å². The molecule has 0 aliphatic carbocycles. The fraction of sp³-hybridized carbons (Fsp3) is 0.889. The number of amides is 2. The summed E-state index contributed by atoms with van der Waals surface area (Å²) < 4.78 is 0. The molecule has 0 radical (unpaired) electrons. The van der Waals surface area contributed by atoms with Crippen molar-refractivity contribution in [3.8, 4) is 0 Å². The Labute approximate surface area is 84.7 Å². The van der Waals surface area contributed by atoms with Crippen LogP contribution in [0.5, 0.6) is 0 Å². The first-order valence-electron chi connectivity index (χ1n) is 5.10. The second-order valence-electron chi connectivity index (χ2n) is 3.17. The fourth-order valence-electron chi connectivity index (χ4n) is 1.10. The Kier molecular flexibility index (Phi) is 7.65. The SMILES string of the molecule is CCCCN(CCCC)C(=O)N=[N+]=[N-]. The molecule has 0 aromatic heterocycles. The van der Waals surface area contributed by atoms with Crippen molar-refractivity contribution in [1.29, 1.82) is 0 Å². The zero-order valence-corrected chi connectivity index (χ0v) is 8.94. The van der Waals surface area contributed by atoms with E-state index in [9.17, 15) is 4.79 Å². The Bertz CT molecular complexity index is 203. The Morgan fingerprint density at radius 3 is 2.14 bits per heavy atom. The van der Waals surface area contributed by atoms with Crippen LogP contribution in [0.3, 0.4) is 0 Å². The standard InChI is InChI=1S/C9H18N4O/c1-3-5-7-13(8-6-4-2)9(14)11-12-10/h3-8H2,1-2H3. The summed E-state index contributed by atoms with van der Waals surface area (Å²) in [6, 6.07) is -0.450. The van der Waals surface area contributed by atoms with Crippen LogP contribution in [0.15, 0.2) is 5.11 Å². The predicted molar refractivity (Wildman–Crippen MR) is 55.9 cm³/mol. The van der Waals surface area contributed by atoms with E-state index >= 15 is 0 Å². The molecule has 14 heavy (non-hydrogen) atoms. The zero-order valence-electron chi connectivity index (χ0n) is 8.94. The highest BCUT2D eigenvalue weighted by Crippen LogP contribution is 2.01. The van der Waals surface area contributed by atoms with Gasteiger partial charge in [-0.05, 0) is 18.4 Å². The molecule has 5 nitrogen and oxygen atoms in total. The lowest BCUT2D eigenvalue weighted by atomic mass is 10.3. The highest BCUT2D eigenvalue weighted by atomic mass is 16.2. The average Bonchev–Trinajstić information content (AvgIpc) is 2.18. The van der Waals surface area contributed by atoms with Crippen LogP contribution in [0.4, 0.5) is 4.79 Å². The third kappa shape index (κ3) is 5.43. The van der Waals surface area contributed by atoms with Gasteiger partial charge in [-0.15, -0.1) is 0 Å². The molecule has 0 saturated carbocycles. The van der Waals surface area contributed by atoms with E-state index in [0.717, 1.165) is 25.7 Å². The molecule has 0 rings (SSSR count). The number of carbonyl (C=O) groups is 1. The molecule has 0 bridgehead atoms. The molecule has 80 valence electrons. The van der Waals surface area contributed by atoms with Crippen molar-refractivity contribution in [2.75, 3.05) is 13.1 Å². The first-order chi connectivity index (χ1) is 6.76. The first-order valence-corrected chi connectivity index (χ1v) is 5.10. The summed E-state index contributed by atoms with van der Waals surface area (Å²) >= 11 is 0. The molecule has 0 atom stereocenters. The molecule has 0 heterocycles. The molecular weight excluding hydrogens is 180 g/mol. The number of azide groups is 1. The lowest BCUT2D eigenvalue weighted by molar-refractivity contribution is 0.205. The van der Waals surface area contributed by atoms with E-state index in [0.29, 0.717) is 13.1 Å². The minimum absolute atomic E-state index is 0.450. The third-order valence-corrected chi connectivity index (χ3v) is 1.96. The minimum Gasteiger partial charge on any atom is -0.337 e. The van der Waals surface area contributed by atoms with Crippen molar-refractivity contribution in [1.82, 2.24) is 4.90 Å². The summed E-state index contributed by atoms with van der Waals surface area (Å²) in [6.45, 7) is 5.51.